The predicted molar refractivity (Wildman–Crippen MR) is 125 cm³/mol. The highest BCUT2D eigenvalue weighted by molar-refractivity contribution is 6.32. The monoisotopic (exact) mass is 539 g/mol. The standard InChI is InChI=1S/C25H16ClF6N3O2/c1-34(17-5-4-6-18(13-17)37-25(30,31)32)23(36)16-11-9-15(10-12-16)21-14-22(24(27,28)29)33-35(21)20-8-3-2-7-19(20)26/h2-14H,1H3. The first-order valence-electron chi connectivity index (χ1n) is 10.5. The zero-order valence-electron chi connectivity index (χ0n) is 18.8. The number of ether oxygens (including phenoxy) is 1. The van der Waals surface area contributed by atoms with E-state index in [1.54, 1.807) is 12.1 Å². The molecule has 4 aromatic rings. The molecule has 192 valence electrons. The summed E-state index contributed by atoms with van der Waals surface area (Å²) in [4.78, 5) is 14.1. The van der Waals surface area contributed by atoms with E-state index >= 15 is 0 Å². The van der Waals surface area contributed by atoms with Crippen LogP contribution in [0.2, 0.25) is 5.02 Å². The van der Waals surface area contributed by atoms with Crippen molar-refractivity contribution in [2.45, 2.75) is 12.5 Å². The van der Waals surface area contributed by atoms with E-state index in [1.165, 1.54) is 55.6 Å². The van der Waals surface area contributed by atoms with Crippen LogP contribution in [-0.2, 0) is 6.18 Å². The lowest BCUT2D eigenvalue weighted by Crippen LogP contribution is -2.26. The summed E-state index contributed by atoms with van der Waals surface area (Å²) in [6.45, 7) is 0. The molecule has 37 heavy (non-hydrogen) atoms. The lowest BCUT2D eigenvalue weighted by Gasteiger charge is -2.19. The first-order chi connectivity index (χ1) is 17.3. The van der Waals surface area contributed by atoms with Crippen molar-refractivity contribution in [2.24, 2.45) is 0 Å². The smallest absolute Gasteiger partial charge is 0.406 e. The lowest BCUT2D eigenvalue weighted by molar-refractivity contribution is -0.274. The molecule has 0 atom stereocenters. The van der Waals surface area contributed by atoms with Crippen molar-refractivity contribution in [2.75, 3.05) is 11.9 Å². The van der Waals surface area contributed by atoms with Gasteiger partial charge >= 0.3 is 12.5 Å². The van der Waals surface area contributed by atoms with Crippen LogP contribution in [0.15, 0.2) is 78.9 Å². The molecule has 0 aliphatic rings. The second-order valence-electron chi connectivity index (χ2n) is 7.76. The number of hydrogen-bond donors (Lipinski definition) is 0. The van der Waals surface area contributed by atoms with E-state index in [0.717, 1.165) is 27.8 Å². The van der Waals surface area contributed by atoms with Crippen LogP contribution in [0.5, 0.6) is 5.75 Å². The maximum atomic E-state index is 13.4. The Morgan fingerprint density at radius 3 is 2.22 bits per heavy atom. The molecule has 0 unspecified atom stereocenters. The van der Waals surface area contributed by atoms with Crippen molar-refractivity contribution in [3.63, 3.8) is 0 Å². The molecule has 0 aliphatic carbocycles. The van der Waals surface area contributed by atoms with Crippen LogP contribution in [0.4, 0.5) is 32.0 Å². The fraction of sp³-hybridized carbons (Fsp3) is 0.120. The molecule has 1 aromatic heterocycles. The maximum absolute atomic E-state index is 13.4. The molecule has 0 N–H and O–H groups in total. The zero-order chi connectivity index (χ0) is 27.0. The number of para-hydroxylation sites is 1. The quantitative estimate of drug-likeness (QED) is 0.249. The van der Waals surface area contributed by atoms with Crippen molar-refractivity contribution in [3.8, 4) is 22.7 Å². The van der Waals surface area contributed by atoms with Crippen LogP contribution in [0, 0.1) is 0 Å². The second kappa shape index (κ2) is 9.81. The topological polar surface area (TPSA) is 47.4 Å². The van der Waals surface area contributed by atoms with Crippen LogP contribution in [0.1, 0.15) is 16.1 Å². The van der Waals surface area contributed by atoms with E-state index in [9.17, 15) is 31.1 Å². The van der Waals surface area contributed by atoms with Gasteiger partial charge in [-0.25, -0.2) is 4.68 Å². The molecule has 0 aliphatic heterocycles. The van der Waals surface area contributed by atoms with E-state index in [-0.39, 0.29) is 27.7 Å². The van der Waals surface area contributed by atoms with Crippen molar-refractivity contribution in [1.29, 1.82) is 0 Å². The van der Waals surface area contributed by atoms with Crippen LogP contribution in [0.3, 0.4) is 0 Å². The number of anilines is 1. The van der Waals surface area contributed by atoms with Crippen LogP contribution < -0.4 is 9.64 Å². The van der Waals surface area contributed by atoms with E-state index in [2.05, 4.69) is 9.84 Å². The predicted octanol–water partition coefficient (Wildman–Crippen LogP) is 7.39. The summed E-state index contributed by atoms with van der Waals surface area (Å²) in [6, 6.07) is 17.7. The molecular weight excluding hydrogens is 524 g/mol. The molecule has 5 nitrogen and oxygen atoms in total. The highest BCUT2D eigenvalue weighted by Gasteiger charge is 2.35. The fourth-order valence-electron chi connectivity index (χ4n) is 3.52. The van der Waals surface area contributed by atoms with Gasteiger partial charge in [0, 0.05) is 29.9 Å². The summed E-state index contributed by atoms with van der Waals surface area (Å²) in [6.07, 6.45) is -9.59. The minimum Gasteiger partial charge on any atom is -0.406 e. The van der Waals surface area contributed by atoms with Gasteiger partial charge in [0.2, 0.25) is 0 Å². The number of halogens is 7. The minimum atomic E-state index is -4.89. The lowest BCUT2D eigenvalue weighted by atomic mass is 10.1. The molecule has 4 rings (SSSR count). The Bertz CT molecular complexity index is 1430. The highest BCUT2D eigenvalue weighted by Crippen LogP contribution is 2.35. The molecule has 3 aromatic carbocycles. The van der Waals surface area contributed by atoms with Crippen LogP contribution in [0.25, 0.3) is 16.9 Å². The van der Waals surface area contributed by atoms with Gasteiger partial charge in [0.25, 0.3) is 5.91 Å². The molecular formula is C25H16ClF6N3O2. The van der Waals surface area contributed by atoms with Crippen molar-refractivity contribution in [3.05, 3.63) is 95.1 Å². The van der Waals surface area contributed by atoms with E-state index < -0.39 is 29.9 Å². The second-order valence-corrected chi connectivity index (χ2v) is 8.17. The molecule has 12 heteroatoms. The number of carbonyl (C=O) groups is 1. The van der Waals surface area contributed by atoms with Gasteiger partial charge in [-0.15, -0.1) is 13.2 Å². The van der Waals surface area contributed by atoms with E-state index in [4.69, 9.17) is 11.6 Å². The normalized spacial score (nSPS) is 11.9. The SMILES string of the molecule is CN(C(=O)c1ccc(-c2cc(C(F)(F)F)nn2-c2ccccc2Cl)cc1)c1cccc(OC(F)(F)F)c1. The third kappa shape index (κ3) is 5.88. The molecule has 0 radical (unpaired) electrons. The average molecular weight is 540 g/mol. The first-order valence-corrected chi connectivity index (χ1v) is 10.9. The molecule has 1 heterocycles. The third-order valence-electron chi connectivity index (χ3n) is 5.25. The van der Waals surface area contributed by atoms with Gasteiger partial charge in [0.05, 0.1) is 16.4 Å². The number of alkyl halides is 6. The fourth-order valence-corrected chi connectivity index (χ4v) is 3.73. The Morgan fingerprint density at radius 1 is 0.919 bits per heavy atom. The number of nitrogens with zero attached hydrogens (tertiary/aromatic N) is 3. The van der Waals surface area contributed by atoms with Gasteiger partial charge in [0.1, 0.15) is 5.75 Å². The number of carbonyl (C=O) groups excluding carboxylic acids is 1. The Balaban J connectivity index is 1.65. The van der Waals surface area contributed by atoms with Gasteiger partial charge in [-0.2, -0.15) is 18.3 Å². The van der Waals surface area contributed by atoms with Gasteiger partial charge in [-0.05, 0) is 42.5 Å². The van der Waals surface area contributed by atoms with E-state index in [1.807, 2.05) is 0 Å². The van der Waals surface area contributed by atoms with Crippen molar-refractivity contribution < 1.29 is 35.9 Å². The minimum absolute atomic E-state index is 0.0878. The van der Waals surface area contributed by atoms with Crippen molar-refractivity contribution in [1.82, 2.24) is 9.78 Å². The molecule has 0 bridgehead atoms. The van der Waals surface area contributed by atoms with E-state index in [0.29, 0.717) is 5.56 Å². The molecule has 1 amide bonds. The summed E-state index contributed by atoms with van der Waals surface area (Å²) < 4.78 is 82.8. The Kier molecular flexibility index (Phi) is 6.92. The first kappa shape index (κ1) is 26.1. The molecule has 0 fully saturated rings. The Labute approximate surface area is 211 Å². The molecule has 0 saturated carbocycles. The number of amides is 1. The molecule has 0 spiro atoms. The Morgan fingerprint density at radius 2 is 1.59 bits per heavy atom. The summed E-state index contributed by atoms with van der Waals surface area (Å²) in [5.74, 6) is -1.06. The van der Waals surface area contributed by atoms with Crippen molar-refractivity contribution >= 4 is 23.2 Å². The van der Waals surface area contributed by atoms with Crippen LogP contribution >= 0.6 is 11.6 Å². The van der Waals surface area contributed by atoms with Gasteiger partial charge in [-0.1, -0.05) is 41.9 Å². The van der Waals surface area contributed by atoms with Crippen LogP contribution in [-0.4, -0.2) is 29.1 Å². The summed E-state index contributed by atoms with van der Waals surface area (Å²) in [5.41, 5.74) is -0.193. The van der Waals surface area contributed by atoms with Gasteiger partial charge < -0.3 is 9.64 Å². The third-order valence-corrected chi connectivity index (χ3v) is 5.57. The highest BCUT2D eigenvalue weighted by atomic mass is 35.5. The Hall–Kier alpha value is -3.99. The summed E-state index contributed by atoms with van der Waals surface area (Å²) in [7, 11) is 1.37. The summed E-state index contributed by atoms with van der Waals surface area (Å²) >= 11 is 6.18. The largest absolute Gasteiger partial charge is 0.573 e. The average Bonchev–Trinajstić information content (AvgIpc) is 3.28. The number of aromatic nitrogens is 2. The number of hydrogen-bond acceptors (Lipinski definition) is 3. The molecule has 0 saturated heterocycles. The number of benzene rings is 3. The van der Waals surface area contributed by atoms with Gasteiger partial charge in [0.15, 0.2) is 5.69 Å². The number of rotatable bonds is 5. The summed E-state index contributed by atoms with van der Waals surface area (Å²) in [5, 5.41) is 3.87. The zero-order valence-corrected chi connectivity index (χ0v) is 19.6. The maximum Gasteiger partial charge on any atom is 0.573 e. The van der Waals surface area contributed by atoms with Gasteiger partial charge in [-0.3, -0.25) is 4.79 Å².